The summed E-state index contributed by atoms with van der Waals surface area (Å²) in [7, 11) is 0. The van der Waals surface area contributed by atoms with E-state index in [2.05, 4.69) is 26.3 Å². The summed E-state index contributed by atoms with van der Waals surface area (Å²) in [6.45, 7) is 1.90. The molecule has 5 nitrogen and oxygen atoms in total. The summed E-state index contributed by atoms with van der Waals surface area (Å²) in [5.74, 6) is -3.50. The molecular formula is C19H19BrF2N4OS. The van der Waals surface area contributed by atoms with E-state index in [0.717, 1.165) is 26.0 Å². The Morgan fingerprint density at radius 3 is 2.96 bits per heavy atom. The van der Waals surface area contributed by atoms with Gasteiger partial charge in [-0.15, -0.1) is 11.3 Å². The first-order valence-electron chi connectivity index (χ1n) is 8.94. The number of hydrogen-bond acceptors (Lipinski definition) is 4. The van der Waals surface area contributed by atoms with Gasteiger partial charge in [0.05, 0.1) is 16.6 Å². The van der Waals surface area contributed by atoms with Gasteiger partial charge in [0.25, 0.3) is 11.8 Å². The molecule has 0 spiro atoms. The van der Waals surface area contributed by atoms with Gasteiger partial charge in [0.1, 0.15) is 6.04 Å². The Labute approximate surface area is 173 Å². The van der Waals surface area contributed by atoms with E-state index in [0.29, 0.717) is 17.7 Å². The first kappa shape index (κ1) is 19.5. The fraction of sp³-hybridized carbons (Fsp3) is 0.368. The van der Waals surface area contributed by atoms with E-state index >= 15 is 0 Å². The molecule has 3 N–H and O–H groups in total. The number of alkyl halides is 2. The molecule has 4 rings (SSSR count). The first-order chi connectivity index (χ1) is 13.3. The number of pyridine rings is 1. The lowest BCUT2D eigenvalue weighted by Crippen LogP contribution is -2.59. The van der Waals surface area contributed by atoms with Crippen LogP contribution in [0.3, 0.4) is 0 Å². The van der Waals surface area contributed by atoms with Gasteiger partial charge in [-0.2, -0.15) is 5.10 Å². The average molecular weight is 469 g/mol. The van der Waals surface area contributed by atoms with E-state index in [4.69, 9.17) is 5.73 Å². The lowest BCUT2D eigenvalue weighted by atomic mass is 9.87. The number of nitrogens with one attached hydrogen (secondary N) is 1. The van der Waals surface area contributed by atoms with Crippen molar-refractivity contribution < 1.29 is 13.6 Å². The molecule has 1 aliphatic carbocycles. The Hall–Kier alpha value is -1.84. The number of hydrogen-bond donors (Lipinski definition) is 2. The molecule has 1 saturated carbocycles. The van der Waals surface area contributed by atoms with Crippen LogP contribution in [0.25, 0.3) is 16.6 Å². The van der Waals surface area contributed by atoms with E-state index in [-0.39, 0.29) is 6.42 Å². The van der Waals surface area contributed by atoms with Crippen molar-refractivity contribution in [1.82, 2.24) is 14.9 Å². The topological polar surface area (TPSA) is 72.4 Å². The highest BCUT2D eigenvalue weighted by Crippen LogP contribution is 2.36. The predicted octanol–water partition coefficient (Wildman–Crippen LogP) is 4.38. The second kappa shape index (κ2) is 7.20. The molecule has 2 unspecified atom stereocenters. The van der Waals surface area contributed by atoms with Crippen molar-refractivity contribution in [2.45, 2.75) is 44.2 Å². The van der Waals surface area contributed by atoms with E-state index < -0.39 is 23.9 Å². The monoisotopic (exact) mass is 468 g/mol. The third kappa shape index (κ3) is 3.46. The number of carbonyl (C=O) groups excluding carboxylic acids is 1. The summed E-state index contributed by atoms with van der Waals surface area (Å²) < 4.78 is 31.1. The number of thiophene rings is 1. The molecule has 9 heteroatoms. The van der Waals surface area contributed by atoms with Gasteiger partial charge >= 0.3 is 0 Å². The van der Waals surface area contributed by atoms with Gasteiger partial charge in [-0.25, -0.2) is 13.3 Å². The van der Waals surface area contributed by atoms with Gasteiger partial charge in [-0.1, -0.05) is 0 Å². The van der Waals surface area contributed by atoms with Gasteiger partial charge in [0.2, 0.25) is 0 Å². The molecule has 28 heavy (non-hydrogen) atoms. The number of aryl methyl sites for hydroxylation is 1. The molecule has 1 amide bonds. The molecule has 0 aromatic carbocycles. The lowest BCUT2D eigenvalue weighted by Gasteiger charge is -2.36. The third-order valence-corrected chi connectivity index (χ3v) is 6.65. The molecular weight excluding hydrogens is 450 g/mol. The lowest BCUT2D eigenvalue weighted by molar-refractivity contribution is -0.0674. The summed E-state index contributed by atoms with van der Waals surface area (Å²) in [5.41, 5.74) is 8.52. The van der Waals surface area contributed by atoms with Crippen molar-refractivity contribution in [2.24, 2.45) is 5.73 Å². The Morgan fingerprint density at radius 1 is 1.43 bits per heavy atom. The van der Waals surface area contributed by atoms with Crippen LogP contribution in [0.2, 0.25) is 0 Å². The van der Waals surface area contributed by atoms with Crippen LogP contribution in [0.15, 0.2) is 35.1 Å². The van der Waals surface area contributed by atoms with Crippen molar-refractivity contribution in [3.8, 4) is 11.1 Å². The van der Waals surface area contributed by atoms with Crippen molar-refractivity contribution >= 4 is 38.7 Å². The maximum Gasteiger partial charge on any atom is 0.269 e. The van der Waals surface area contributed by atoms with Crippen LogP contribution in [0.1, 0.15) is 33.8 Å². The standard InChI is InChI=1S/C19H19BrF2N4OS/c1-10-12(13-8-24-26-9-11(20)4-5-15(13)26)7-16(28-10)18(27)25-17-14(23)3-2-6-19(17,21)22/h4-5,7-9,14,17H,2-3,6,23H2,1H3,(H,25,27). The van der Waals surface area contributed by atoms with E-state index in [1.54, 1.807) is 16.8 Å². The normalized spacial score (nSPS) is 21.8. The Balaban J connectivity index is 1.63. The maximum absolute atomic E-state index is 14.2. The Kier molecular flexibility index (Phi) is 5.01. The van der Waals surface area contributed by atoms with Gasteiger partial charge < -0.3 is 11.1 Å². The molecule has 0 bridgehead atoms. The zero-order chi connectivity index (χ0) is 20.1. The van der Waals surface area contributed by atoms with Crippen LogP contribution >= 0.6 is 27.3 Å². The maximum atomic E-state index is 14.2. The summed E-state index contributed by atoms with van der Waals surface area (Å²) in [6.07, 6.45) is 4.18. The average Bonchev–Trinajstić information content (AvgIpc) is 3.20. The largest absolute Gasteiger partial charge is 0.341 e. The first-order valence-corrected chi connectivity index (χ1v) is 10.6. The van der Waals surface area contributed by atoms with Crippen molar-refractivity contribution in [3.05, 3.63) is 44.8 Å². The quantitative estimate of drug-likeness (QED) is 0.598. The minimum atomic E-state index is -2.99. The highest BCUT2D eigenvalue weighted by molar-refractivity contribution is 9.10. The number of amides is 1. The van der Waals surface area contributed by atoms with Gasteiger partial charge in [0, 0.05) is 33.6 Å². The van der Waals surface area contributed by atoms with E-state index in [9.17, 15) is 13.6 Å². The molecule has 1 fully saturated rings. The van der Waals surface area contributed by atoms with E-state index in [1.165, 1.54) is 11.3 Å². The summed E-state index contributed by atoms with van der Waals surface area (Å²) in [6, 6.07) is 3.51. The van der Waals surface area contributed by atoms with Gasteiger partial charge in [-0.05, 0) is 59.5 Å². The smallest absolute Gasteiger partial charge is 0.269 e. The molecule has 0 aliphatic heterocycles. The van der Waals surface area contributed by atoms with Gasteiger partial charge in [0.15, 0.2) is 0 Å². The van der Waals surface area contributed by atoms with Crippen molar-refractivity contribution in [2.75, 3.05) is 0 Å². The van der Waals surface area contributed by atoms with Crippen LogP contribution in [-0.2, 0) is 0 Å². The minimum Gasteiger partial charge on any atom is -0.341 e. The molecule has 3 aromatic heterocycles. The summed E-state index contributed by atoms with van der Waals surface area (Å²) >= 11 is 4.69. The number of halogens is 3. The number of nitrogens with zero attached hydrogens (tertiary/aromatic N) is 2. The highest BCUT2D eigenvalue weighted by atomic mass is 79.9. The van der Waals surface area contributed by atoms with Crippen LogP contribution < -0.4 is 11.1 Å². The van der Waals surface area contributed by atoms with Crippen LogP contribution in [0.5, 0.6) is 0 Å². The van der Waals surface area contributed by atoms with Crippen LogP contribution in [-0.4, -0.2) is 33.5 Å². The third-order valence-electron chi connectivity index (χ3n) is 5.13. The number of aromatic nitrogens is 2. The molecule has 148 valence electrons. The zero-order valence-electron chi connectivity index (χ0n) is 15.1. The predicted molar refractivity (Wildman–Crippen MR) is 109 cm³/mol. The van der Waals surface area contributed by atoms with Crippen LogP contribution in [0.4, 0.5) is 8.78 Å². The molecule has 3 aromatic rings. The SMILES string of the molecule is Cc1sc(C(=O)NC2C(N)CCCC2(F)F)cc1-c1cnn2cc(Br)ccc12. The van der Waals surface area contributed by atoms with Crippen molar-refractivity contribution in [1.29, 1.82) is 0 Å². The molecule has 0 radical (unpaired) electrons. The number of carbonyl (C=O) groups is 1. The van der Waals surface area contributed by atoms with E-state index in [1.807, 2.05) is 25.3 Å². The summed E-state index contributed by atoms with van der Waals surface area (Å²) in [5, 5.41) is 6.82. The minimum absolute atomic E-state index is 0.252. The summed E-state index contributed by atoms with van der Waals surface area (Å²) in [4.78, 5) is 14.0. The number of nitrogens with two attached hydrogens (primary N) is 1. The Morgan fingerprint density at radius 2 is 2.21 bits per heavy atom. The number of fused-ring (bicyclic) bond motifs is 1. The molecule has 3 heterocycles. The Bertz CT molecular complexity index is 1050. The van der Waals surface area contributed by atoms with Gasteiger partial charge in [-0.3, -0.25) is 4.79 Å². The number of rotatable bonds is 3. The van der Waals surface area contributed by atoms with Crippen LogP contribution in [0, 0.1) is 6.92 Å². The second-order valence-electron chi connectivity index (χ2n) is 7.08. The zero-order valence-corrected chi connectivity index (χ0v) is 17.5. The highest BCUT2D eigenvalue weighted by Gasteiger charge is 2.46. The molecule has 2 atom stereocenters. The van der Waals surface area contributed by atoms with Crippen molar-refractivity contribution in [3.63, 3.8) is 0 Å². The molecule has 1 aliphatic rings. The fourth-order valence-corrected chi connectivity index (χ4v) is 4.93. The molecule has 0 saturated heterocycles. The fourth-order valence-electron chi connectivity index (χ4n) is 3.66. The second-order valence-corrected chi connectivity index (χ2v) is 9.26.